The molecule has 0 aliphatic heterocycles. The van der Waals surface area contributed by atoms with Crippen molar-refractivity contribution in [2.75, 3.05) is 7.11 Å². The zero-order valence-electron chi connectivity index (χ0n) is 12.5. The average molecular weight is 394 g/mol. The molecule has 7 heteroatoms. The molecule has 0 radical (unpaired) electrons. The molecule has 23 heavy (non-hydrogen) atoms. The van der Waals surface area contributed by atoms with E-state index in [0.717, 1.165) is 15.6 Å². The lowest BCUT2D eigenvalue weighted by atomic mass is 10.2. The number of hydrogen-bond donors (Lipinski definition) is 2. The zero-order chi connectivity index (χ0) is 16.7. The number of ether oxygens (including phenoxy) is 2. The Kier molecular flexibility index (Phi) is 6.37. The van der Waals surface area contributed by atoms with Gasteiger partial charge < -0.3 is 15.2 Å². The number of thiocarbonyl (C=S) groups is 1. The summed E-state index contributed by atoms with van der Waals surface area (Å²) >= 11 is 8.18. The van der Waals surface area contributed by atoms with Crippen LogP contribution in [0, 0.1) is 0 Å². The minimum Gasteiger partial charge on any atom is -0.493 e. The molecule has 0 heterocycles. The maximum absolute atomic E-state index is 5.84. The summed E-state index contributed by atoms with van der Waals surface area (Å²) in [6, 6.07) is 13.4. The lowest BCUT2D eigenvalue weighted by Crippen LogP contribution is -2.23. The van der Waals surface area contributed by atoms with Crippen molar-refractivity contribution < 1.29 is 9.47 Å². The van der Waals surface area contributed by atoms with Crippen molar-refractivity contribution >= 4 is 39.5 Å². The summed E-state index contributed by atoms with van der Waals surface area (Å²) in [7, 11) is 1.59. The van der Waals surface area contributed by atoms with Crippen molar-refractivity contribution in [3.63, 3.8) is 0 Å². The van der Waals surface area contributed by atoms with E-state index < -0.39 is 0 Å². The van der Waals surface area contributed by atoms with E-state index in [2.05, 4.69) is 38.7 Å². The zero-order valence-corrected chi connectivity index (χ0v) is 14.9. The Morgan fingerprint density at radius 1 is 1.30 bits per heavy atom. The number of methoxy groups -OCH3 is 1. The van der Waals surface area contributed by atoms with Crippen molar-refractivity contribution in [3.8, 4) is 11.5 Å². The Bertz CT molecular complexity index is 722. The fourth-order valence-corrected chi connectivity index (χ4v) is 2.28. The van der Waals surface area contributed by atoms with Crippen LogP contribution in [0.3, 0.4) is 0 Å². The molecule has 0 aliphatic rings. The monoisotopic (exact) mass is 393 g/mol. The second-order valence-corrected chi connectivity index (χ2v) is 5.82. The van der Waals surface area contributed by atoms with E-state index in [1.165, 1.54) is 0 Å². The second kappa shape index (κ2) is 8.50. The molecule has 0 saturated heterocycles. The Labute approximate surface area is 148 Å². The first kappa shape index (κ1) is 17.2. The molecule has 5 nitrogen and oxygen atoms in total. The highest BCUT2D eigenvalue weighted by molar-refractivity contribution is 9.10. The van der Waals surface area contributed by atoms with E-state index >= 15 is 0 Å². The molecule has 2 rings (SSSR count). The van der Waals surface area contributed by atoms with Gasteiger partial charge in [-0.2, -0.15) is 5.10 Å². The van der Waals surface area contributed by atoms with E-state index in [4.69, 9.17) is 15.2 Å². The number of nitrogens with one attached hydrogen (secondary N) is 1. The number of halogens is 1. The molecular formula is C16H16BrN3O2S. The minimum atomic E-state index is 0.113. The first-order valence-corrected chi connectivity index (χ1v) is 7.93. The minimum absolute atomic E-state index is 0.113. The average Bonchev–Trinajstić information content (AvgIpc) is 2.54. The largest absolute Gasteiger partial charge is 0.493 e. The van der Waals surface area contributed by atoms with Gasteiger partial charge in [0.2, 0.25) is 0 Å². The molecule has 0 saturated carbocycles. The summed E-state index contributed by atoms with van der Waals surface area (Å²) in [4.78, 5) is 0. The van der Waals surface area contributed by atoms with Gasteiger partial charge in [0.05, 0.1) is 13.3 Å². The van der Waals surface area contributed by atoms with Crippen LogP contribution in [0.4, 0.5) is 0 Å². The normalized spacial score (nSPS) is 10.5. The molecule has 2 aromatic rings. The fourth-order valence-electron chi connectivity index (χ4n) is 1.83. The number of nitrogens with two attached hydrogens (primary N) is 1. The maximum atomic E-state index is 5.84. The number of hydrogen-bond acceptors (Lipinski definition) is 4. The smallest absolute Gasteiger partial charge is 0.184 e. The van der Waals surface area contributed by atoms with E-state index in [0.29, 0.717) is 18.1 Å². The van der Waals surface area contributed by atoms with E-state index in [-0.39, 0.29) is 5.11 Å². The van der Waals surface area contributed by atoms with Crippen molar-refractivity contribution in [1.29, 1.82) is 0 Å². The predicted molar refractivity (Wildman–Crippen MR) is 99.0 cm³/mol. The lowest BCUT2D eigenvalue weighted by molar-refractivity contribution is 0.284. The van der Waals surface area contributed by atoms with Crippen LogP contribution < -0.4 is 20.6 Å². The molecule has 0 amide bonds. The first-order valence-electron chi connectivity index (χ1n) is 6.73. The standard InChI is InChI=1S/C16H16BrN3O2S/c1-21-15-8-11(9-19-20-16(18)23)6-7-14(15)22-10-12-4-2-3-5-13(12)17/h2-9H,10H2,1H3,(H3,18,20,23). The van der Waals surface area contributed by atoms with Crippen molar-refractivity contribution in [2.24, 2.45) is 10.8 Å². The van der Waals surface area contributed by atoms with Gasteiger partial charge in [0.15, 0.2) is 16.6 Å². The van der Waals surface area contributed by atoms with Crippen LogP contribution in [0.25, 0.3) is 0 Å². The van der Waals surface area contributed by atoms with Gasteiger partial charge in [0.25, 0.3) is 0 Å². The molecule has 0 spiro atoms. The van der Waals surface area contributed by atoms with Gasteiger partial charge in [-0.15, -0.1) is 0 Å². The van der Waals surface area contributed by atoms with Gasteiger partial charge in [-0.1, -0.05) is 34.1 Å². The highest BCUT2D eigenvalue weighted by Crippen LogP contribution is 2.29. The third kappa shape index (κ3) is 5.22. The van der Waals surface area contributed by atoms with Crippen LogP contribution in [0.1, 0.15) is 11.1 Å². The summed E-state index contributed by atoms with van der Waals surface area (Å²) in [5, 5.41) is 4.02. The van der Waals surface area contributed by atoms with Crippen LogP contribution in [0.2, 0.25) is 0 Å². The summed E-state index contributed by atoms with van der Waals surface area (Å²) in [6.45, 7) is 0.439. The molecule has 0 fully saturated rings. The quantitative estimate of drug-likeness (QED) is 0.448. The summed E-state index contributed by atoms with van der Waals surface area (Å²) in [5.74, 6) is 1.28. The second-order valence-electron chi connectivity index (χ2n) is 4.52. The molecule has 0 aliphatic carbocycles. The van der Waals surface area contributed by atoms with Crippen LogP contribution in [0.15, 0.2) is 52.0 Å². The highest BCUT2D eigenvalue weighted by atomic mass is 79.9. The number of hydrazone groups is 1. The Morgan fingerprint density at radius 3 is 2.78 bits per heavy atom. The topological polar surface area (TPSA) is 68.9 Å². The summed E-state index contributed by atoms with van der Waals surface area (Å²) in [5.41, 5.74) is 9.69. The summed E-state index contributed by atoms with van der Waals surface area (Å²) in [6.07, 6.45) is 1.60. The molecule has 3 N–H and O–H groups in total. The maximum Gasteiger partial charge on any atom is 0.184 e. The Balaban J connectivity index is 2.09. The molecule has 0 aromatic heterocycles. The fraction of sp³-hybridized carbons (Fsp3) is 0.125. The Hall–Kier alpha value is -2.12. The van der Waals surface area contributed by atoms with Gasteiger partial charge in [-0.25, -0.2) is 0 Å². The van der Waals surface area contributed by atoms with Gasteiger partial charge in [0, 0.05) is 10.0 Å². The van der Waals surface area contributed by atoms with Crippen LogP contribution >= 0.6 is 28.1 Å². The van der Waals surface area contributed by atoms with E-state index in [1.807, 2.05) is 42.5 Å². The molecule has 0 unspecified atom stereocenters. The van der Waals surface area contributed by atoms with Gasteiger partial charge in [0.1, 0.15) is 6.61 Å². The van der Waals surface area contributed by atoms with Crippen molar-refractivity contribution in [1.82, 2.24) is 5.43 Å². The number of nitrogens with zero attached hydrogens (tertiary/aromatic N) is 1. The SMILES string of the molecule is COc1cc(C=NNC(N)=S)ccc1OCc1ccccc1Br. The summed E-state index contributed by atoms with van der Waals surface area (Å²) < 4.78 is 12.2. The van der Waals surface area contributed by atoms with Crippen molar-refractivity contribution in [2.45, 2.75) is 6.61 Å². The van der Waals surface area contributed by atoms with E-state index in [9.17, 15) is 0 Å². The molecule has 2 aromatic carbocycles. The van der Waals surface area contributed by atoms with Gasteiger partial charge in [-0.3, -0.25) is 5.43 Å². The van der Waals surface area contributed by atoms with Crippen LogP contribution in [-0.4, -0.2) is 18.4 Å². The molecule has 120 valence electrons. The lowest BCUT2D eigenvalue weighted by Gasteiger charge is -2.12. The first-order chi connectivity index (χ1) is 11.1. The van der Waals surface area contributed by atoms with Gasteiger partial charge in [-0.05, 0) is 42.0 Å². The highest BCUT2D eigenvalue weighted by Gasteiger charge is 2.07. The molecule has 0 bridgehead atoms. The third-order valence-corrected chi connectivity index (χ3v) is 3.78. The third-order valence-electron chi connectivity index (χ3n) is 2.92. The number of benzene rings is 2. The molecular weight excluding hydrogens is 378 g/mol. The van der Waals surface area contributed by atoms with Crippen LogP contribution in [0.5, 0.6) is 11.5 Å². The van der Waals surface area contributed by atoms with Gasteiger partial charge >= 0.3 is 0 Å². The van der Waals surface area contributed by atoms with Crippen LogP contribution in [-0.2, 0) is 6.61 Å². The Morgan fingerprint density at radius 2 is 2.09 bits per heavy atom. The van der Waals surface area contributed by atoms with Crippen molar-refractivity contribution in [3.05, 3.63) is 58.1 Å². The molecule has 0 atom stereocenters. The van der Waals surface area contributed by atoms with E-state index in [1.54, 1.807) is 13.3 Å². The number of rotatable bonds is 6. The predicted octanol–water partition coefficient (Wildman–Crippen LogP) is 3.20.